The fourth-order valence-electron chi connectivity index (χ4n) is 2.35. The Balaban J connectivity index is 1.50. The zero-order valence-electron chi connectivity index (χ0n) is 12.8. The second kappa shape index (κ2) is 6.64. The summed E-state index contributed by atoms with van der Waals surface area (Å²) in [4.78, 5) is 11.6. The Morgan fingerprint density at radius 1 is 1.32 bits per heavy atom. The molecule has 0 spiro atoms. The van der Waals surface area contributed by atoms with Crippen LogP contribution in [0, 0.1) is 0 Å². The van der Waals surface area contributed by atoms with Crippen molar-refractivity contribution in [2.24, 2.45) is 0 Å². The van der Waals surface area contributed by atoms with Gasteiger partial charge in [-0.2, -0.15) is 5.10 Å². The third-order valence-electron chi connectivity index (χ3n) is 3.79. The minimum atomic E-state index is 0.157. The number of hydrogen-bond donors (Lipinski definition) is 1. The Morgan fingerprint density at radius 2 is 2.09 bits per heavy atom. The number of benzene rings is 1. The highest BCUT2D eigenvalue weighted by atomic mass is 16.5. The maximum absolute atomic E-state index is 11.6. The molecule has 1 aliphatic carbocycles. The molecule has 0 unspecified atom stereocenters. The molecule has 2 aromatic rings. The van der Waals surface area contributed by atoms with Gasteiger partial charge in [0.2, 0.25) is 5.91 Å². The lowest BCUT2D eigenvalue weighted by Gasteiger charge is -2.03. The van der Waals surface area contributed by atoms with Crippen molar-refractivity contribution in [3.8, 4) is 16.9 Å². The van der Waals surface area contributed by atoms with Crippen LogP contribution in [-0.4, -0.2) is 28.8 Å². The van der Waals surface area contributed by atoms with Crippen LogP contribution < -0.4 is 10.1 Å². The van der Waals surface area contributed by atoms with Gasteiger partial charge in [-0.15, -0.1) is 0 Å². The maximum atomic E-state index is 11.6. The van der Waals surface area contributed by atoms with E-state index in [-0.39, 0.29) is 5.91 Å². The lowest BCUT2D eigenvalue weighted by molar-refractivity contribution is -0.121. The van der Waals surface area contributed by atoms with Crippen molar-refractivity contribution < 1.29 is 9.53 Å². The standard InChI is InChI=1S/C17H21N3O2/c1-22-16-8-4-13(5-9-16)14-11-18-20(12-14)10-2-3-17(21)19-15-6-7-15/h4-5,8-9,11-12,15H,2-3,6-7,10H2,1H3,(H,19,21). The second-order valence-electron chi connectivity index (χ2n) is 5.67. The molecule has 22 heavy (non-hydrogen) atoms. The first-order valence-electron chi connectivity index (χ1n) is 7.71. The highest BCUT2D eigenvalue weighted by Crippen LogP contribution is 2.22. The summed E-state index contributed by atoms with van der Waals surface area (Å²) >= 11 is 0. The molecule has 1 aromatic carbocycles. The molecule has 1 aromatic heterocycles. The molecule has 5 nitrogen and oxygen atoms in total. The van der Waals surface area contributed by atoms with Crippen LogP contribution in [0.2, 0.25) is 0 Å². The van der Waals surface area contributed by atoms with E-state index in [1.807, 2.05) is 41.3 Å². The molecule has 1 N–H and O–H groups in total. The summed E-state index contributed by atoms with van der Waals surface area (Å²) in [6, 6.07) is 8.36. The van der Waals surface area contributed by atoms with Crippen molar-refractivity contribution in [1.82, 2.24) is 15.1 Å². The van der Waals surface area contributed by atoms with Crippen LogP contribution in [0.4, 0.5) is 0 Å². The molecule has 1 amide bonds. The highest BCUT2D eigenvalue weighted by molar-refractivity contribution is 5.76. The van der Waals surface area contributed by atoms with Crippen LogP contribution in [0.3, 0.4) is 0 Å². The van der Waals surface area contributed by atoms with Gasteiger partial charge in [0, 0.05) is 30.8 Å². The lowest BCUT2D eigenvalue weighted by atomic mass is 10.1. The summed E-state index contributed by atoms with van der Waals surface area (Å²) in [5.74, 6) is 1.00. The van der Waals surface area contributed by atoms with Crippen LogP contribution in [-0.2, 0) is 11.3 Å². The van der Waals surface area contributed by atoms with E-state index in [9.17, 15) is 4.79 Å². The summed E-state index contributed by atoms with van der Waals surface area (Å²) in [5, 5.41) is 7.36. The smallest absolute Gasteiger partial charge is 0.220 e. The number of aromatic nitrogens is 2. The Kier molecular flexibility index (Phi) is 4.42. The SMILES string of the molecule is COc1ccc(-c2cnn(CCCC(=O)NC3CC3)c2)cc1. The van der Waals surface area contributed by atoms with E-state index in [1.54, 1.807) is 7.11 Å². The molecule has 0 radical (unpaired) electrons. The number of nitrogens with zero attached hydrogens (tertiary/aromatic N) is 2. The first-order chi connectivity index (χ1) is 10.7. The molecule has 5 heteroatoms. The summed E-state index contributed by atoms with van der Waals surface area (Å²) in [7, 11) is 1.66. The molecule has 0 aliphatic heterocycles. The molecule has 3 rings (SSSR count). The Bertz CT molecular complexity index is 630. The van der Waals surface area contributed by atoms with Gasteiger partial charge in [0.05, 0.1) is 13.3 Å². The fourth-order valence-corrected chi connectivity index (χ4v) is 2.35. The van der Waals surface area contributed by atoms with E-state index in [0.29, 0.717) is 12.5 Å². The Hall–Kier alpha value is -2.30. The monoisotopic (exact) mass is 299 g/mol. The van der Waals surface area contributed by atoms with Crippen LogP contribution in [0.25, 0.3) is 11.1 Å². The average molecular weight is 299 g/mol. The van der Waals surface area contributed by atoms with Gasteiger partial charge in [-0.1, -0.05) is 12.1 Å². The van der Waals surface area contributed by atoms with Crippen LogP contribution in [0.15, 0.2) is 36.7 Å². The van der Waals surface area contributed by atoms with E-state index in [2.05, 4.69) is 10.4 Å². The predicted octanol–water partition coefficient (Wildman–Crippen LogP) is 2.62. The molecule has 1 saturated carbocycles. The van der Waals surface area contributed by atoms with E-state index in [4.69, 9.17) is 4.74 Å². The number of carbonyl (C=O) groups excluding carboxylic acids is 1. The first kappa shape index (κ1) is 14.6. The van der Waals surface area contributed by atoms with Crippen molar-refractivity contribution in [2.75, 3.05) is 7.11 Å². The third-order valence-corrected chi connectivity index (χ3v) is 3.79. The summed E-state index contributed by atoms with van der Waals surface area (Å²) < 4.78 is 7.05. The van der Waals surface area contributed by atoms with E-state index >= 15 is 0 Å². The number of nitrogens with one attached hydrogen (secondary N) is 1. The minimum Gasteiger partial charge on any atom is -0.497 e. The van der Waals surface area contributed by atoms with Gasteiger partial charge in [0.15, 0.2) is 0 Å². The van der Waals surface area contributed by atoms with Gasteiger partial charge >= 0.3 is 0 Å². The summed E-state index contributed by atoms with van der Waals surface area (Å²) in [6.45, 7) is 0.758. The Morgan fingerprint density at radius 3 is 2.77 bits per heavy atom. The molecule has 0 saturated heterocycles. The summed E-state index contributed by atoms with van der Waals surface area (Å²) in [6.07, 6.45) is 7.51. The van der Waals surface area contributed by atoms with Gasteiger partial charge in [0.25, 0.3) is 0 Å². The zero-order valence-corrected chi connectivity index (χ0v) is 12.8. The van der Waals surface area contributed by atoms with Crippen molar-refractivity contribution >= 4 is 5.91 Å². The van der Waals surface area contributed by atoms with Crippen molar-refractivity contribution in [1.29, 1.82) is 0 Å². The highest BCUT2D eigenvalue weighted by Gasteiger charge is 2.22. The van der Waals surface area contributed by atoms with Crippen LogP contribution >= 0.6 is 0 Å². The first-order valence-corrected chi connectivity index (χ1v) is 7.71. The van der Waals surface area contributed by atoms with Crippen molar-refractivity contribution in [3.05, 3.63) is 36.7 Å². The minimum absolute atomic E-state index is 0.157. The third kappa shape index (κ3) is 3.87. The lowest BCUT2D eigenvalue weighted by Crippen LogP contribution is -2.25. The number of rotatable bonds is 7. The number of ether oxygens (including phenoxy) is 1. The van der Waals surface area contributed by atoms with Crippen molar-refractivity contribution in [2.45, 2.75) is 38.3 Å². The Labute approximate surface area is 130 Å². The number of carbonyl (C=O) groups is 1. The van der Waals surface area contributed by atoms with E-state index in [0.717, 1.165) is 42.7 Å². The number of hydrogen-bond acceptors (Lipinski definition) is 3. The summed E-state index contributed by atoms with van der Waals surface area (Å²) in [5.41, 5.74) is 2.18. The molecule has 1 fully saturated rings. The van der Waals surface area contributed by atoms with Crippen molar-refractivity contribution in [3.63, 3.8) is 0 Å². The molecular formula is C17H21N3O2. The zero-order chi connectivity index (χ0) is 15.4. The van der Waals surface area contributed by atoms with Gasteiger partial charge in [0.1, 0.15) is 5.75 Å². The van der Waals surface area contributed by atoms with E-state index in [1.165, 1.54) is 0 Å². The number of methoxy groups -OCH3 is 1. The number of aryl methyl sites for hydroxylation is 1. The maximum Gasteiger partial charge on any atom is 0.220 e. The van der Waals surface area contributed by atoms with E-state index < -0.39 is 0 Å². The molecule has 0 atom stereocenters. The predicted molar refractivity (Wildman–Crippen MR) is 84.6 cm³/mol. The average Bonchev–Trinajstić information content (AvgIpc) is 3.22. The molecule has 1 aliphatic rings. The topological polar surface area (TPSA) is 56.2 Å². The normalized spacial score (nSPS) is 13.9. The quantitative estimate of drug-likeness (QED) is 0.855. The molecule has 0 bridgehead atoms. The molecular weight excluding hydrogens is 278 g/mol. The van der Waals surface area contributed by atoms with Gasteiger partial charge in [-0.25, -0.2) is 0 Å². The second-order valence-corrected chi connectivity index (χ2v) is 5.67. The van der Waals surface area contributed by atoms with Gasteiger partial charge in [-0.05, 0) is 37.0 Å². The van der Waals surface area contributed by atoms with Crippen LogP contribution in [0.5, 0.6) is 5.75 Å². The largest absolute Gasteiger partial charge is 0.497 e. The molecule has 116 valence electrons. The van der Waals surface area contributed by atoms with Gasteiger partial charge < -0.3 is 10.1 Å². The van der Waals surface area contributed by atoms with Crippen LogP contribution in [0.1, 0.15) is 25.7 Å². The molecule has 1 heterocycles. The van der Waals surface area contributed by atoms with Gasteiger partial charge in [-0.3, -0.25) is 9.48 Å². The fraction of sp³-hybridized carbons (Fsp3) is 0.412. The number of amides is 1.